The fourth-order valence-electron chi connectivity index (χ4n) is 3.98. The van der Waals surface area contributed by atoms with Crippen LogP contribution in [0.25, 0.3) is 0 Å². The van der Waals surface area contributed by atoms with Crippen LogP contribution in [0.4, 0.5) is 5.69 Å². The standard InChI is InChI=1S/C30H37NO4/c1-7-27(32)29(34)35-25-16-14-24(15-17-25)31-28(33)20-22(3)11-8-10-21(2)13-18-26-23(4)12-9-19-30(26,5)6/h8,10-11,13-18,20H,7,9,12,19H2,1-6H3,(H,31,33)/b11-8+,18-13+,21-10+,22-20+. The molecular formula is C30H37NO4. The second-order valence-electron chi connectivity index (χ2n) is 9.60. The quantitative estimate of drug-likeness (QED) is 0.137. The summed E-state index contributed by atoms with van der Waals surface area (Å²) in [7, 11) is 0. The summed E-state index contributed by atoms with van der Waals surface area (Å²) in [5, 5.41) is 2.77. The highest BCUT2D eigenvalue weighted by molar-refractivity contribution is 6.34. The van der Waals surface area contributed by atoms with E-state index in [1.165, 1.54) is 48.6 Å². The minimum Gasteiger partial charge on any atom is -0.421 e. The van der Waals surface area contributed by atoms with Gasteiger partial charge in [0.25, 0.3) is 0 Å². The lowest BCUT2D eigenvalue weighted by Crippen LogP contribution is -2.19. The van der Waals surface area contributed by atoms with Gasteiger partial charge in [-0.2, -0.15) is 0 Å². The molecule has 0 saturated heterocycles. The van der Waals surface area contributed by atoms with Crippen molar-refractivity contribution in [1.29, 1.82) is 0 Å². The SMILES string of the molecule is CCC(=O)C(=O)Oc1ccc(NC(=O)/C=C(C)/C=C/C=C(C)/C=C/C2=C(C)CCCC2(C)C)cc1. The average molecular weight is 476 g/mol. The number of allylic oxidation sites excluding steroid dienone is 9. The Kier molecular flexibility index (Phi) is 10.2. The van der Waals surface area contributed by atoms with Crippen molar-refractivity contribution in [1.82, 2.24) is 0 Å². The number of hydrogen-bond acceptors (Lipinski definition) is 4. The third-order valence-electron chi connectivity index (χ3n) is 6.01. The van der Waals surface area contributed by atoms with Crippen LogP contribution in [0, 0.1) is 5.41 Å². The van der Waals surface area contributed by atoms with Gasteiger partial charge in [-0.05, 0) is 80.9 Å². The molecule has 0 fully saturated rings. The first-order valence-corrected chi connectivity index (χ1v) is 12.1. The zero-order chi connectivity index (χ0) is 26.0. The molecule has 0 atom stereocenters. The molecule has 1 aromatic rings. The molecule has 0 aromatic heterocycles. The molecule has 0 radical (unpaired) electrons. The summed E-state index contributed by atoms with van der Waals surface area (Å²) < 4.78 is 4.99. The van der Waals surface area contributed by atoms with Crippen molar-refractivity contribution in [2.24, 2.45) is 5.41 Å². The lowest BCUT2D eigenvalue weighted by molar-refractivity contribution is -0.146. The van der Waals surface area contributed by atoms with E-state index in [0.29, 0.717) is 5.69 Å². The number of esters is 1. The van der Waals surface area contributed by atoms with E-state index in [4.69, 9.17) is 4.74 Å². The molecule has 1 aromatic carbocycles. The van der Waals surface area contributed by atoms with Crippen LogP contribution in [0.2, 0.25) is 0 Å². The molecule has 0 heterocycles. The molecule has 186 valence electrons. The summed E-state index contributed by atoms with van der Waals surface area (Å²) in [5.41, 5.74) is 5.65. The summed E-state index contributed by atoms with van der Waals surface area (Å²) in [5.74, 6) is -1.49. The van der Waals surface area contributed by atoms with Gasteiger partial charge >= 0.3 is 5.97 Å². The molecule has 2 rings (SSSR count). The smallest absolute Gasteiger partial charge is 0.379 e. The fourth-order valence-corrected chi connectivity index (χ4v) is 3.98. The normalized spacial score (nSPS) is 16.6. The Balaban J connectivity index is 1.92. The van der Waals surface area contributed by atoms with E-state index in [9.17, 15) is 14.4 Å². The van der Waals surface area contributed by atoms with Gasteiger partial charge in [0.1, 0.15) is 5.75 Å². The molecule has 0 unspecified atom stereocenters. The van der Waals surface area contributed by atoms with Crippen molar-refractivity contribution in [3.8, 4) is 5.75 Å². The minimum absolute atomic E-state index is 0.0927. The number of amides is 1. The summed E-state index contributed by atoms with van der Waals surface area (Å²) in [6, 6.07) is 6.28. The van der Waals surface area contributed by atoms with Gasteiger partial charge in [0.05, 0.1) is 0 Å². The first-order valence-electron chi connectivity index (χ1n) is 12.1. The number of benzene rings is 1. The number of ketones is 1. The van der Waals surface area contributed by atoms with Crippen LogP contribution in [0.15, 0.2) is 83.0 Å². The molecule has 1 N–H and O–H groups in total. The van der Waals surface area contributed by atoms with Crippen LogP contribution in [-0.4, -0.2) is 17.7 Å². The predicted octanol–water partition coefficient (Wildman–Crippen LogP) is 7.04. The molecule has 5 nitrogen and oxygen atoms in total. The van der Waals surface area contributed by atoms with Crippen LogP contribution in [0.5, 0.6) is 5.75 Å². The first kappa shape index (κ1) is 27.8. The fraction of sp³-hybridized carbons (Fsp3) is 0.367. The van der Waals surface area contributed by atoms with Gasteiger partial charge in [-0.1, -0.05) is 62.3 Å². The molecule has 35 heavy (non-hydrogen) atoms. The number of Topliss-reactive ketones (excluding diaryl/α,β-unsaturated/α-hetero) is 1. The Morgan fingerprint density at radius 1 is 1.06 bits per heavy atom. The van der Waals surface area contributed by atoms with Crippen molar-refractivity contribution < 1.29 is 19.1 Å². The topological polar surface area (TPSA) is 72.5 Å². The second kappa shape index (κ2) is 12.8. The van der Waals surface area contributed by atoms with Crippen LogP contribution < -0.4 is 10.1 Å². The van der Waals surface area contributed by atoms with E-state index >= 15 is 0 Å². The van der Waals surface area contributed by atoms with Crippen molar-refractivity contribution in [3.05, 3.63) is 83.0 Å². The van der Waals surface area contributed by atoms with E-state index < -0.39 is 11.8 Å². The second-order valence-corrected chi connectivity index (χ2v) is 9.60. The molecule has 0 bridgehead atoms. The van der Waals surface area contributed by atoms with Gasteiger partial charge < -0.3 is 10.1 Å². The Bertz CT molecular complexity index is 1100. The van der Waals surface area contributed by atoms with Crippen LogP contribution in [0.3, 0.4) is 0 Å². The number of rotatable bonds is 9. The zero-order valence-electron chi connectivity index (χ0n) is 21.7. The largest absolute Gasteiger partial charge is 0.421 e. The molecule has 0 aliphatic heterocycles. The minimum atomic E-state index is -0.889. The van der Waals surface area contributed by atoms with Crippen molar-refractivity contribution >= 4 is 23.3 Å². The maximum absolute atomic E-state index is 12.3. The van der Waals surface area contributed by atoms with Gasteiger partial charge in [-0.3, -0.25) is 9.59 Å². The van der Waals surface area contributed by atoms with Gasteiger partial charge in [0.2, 0.25) is 11.7 Å². The monoisotopic (exact) mass is 475 g/mol. The maximum atomic E-state index is 12.3. The summed E-state index contributed by atoms with van der Waals surface area (Å²) in [6.07, 6.45) is 15.5. The van der Waals surface area contributed by atoms with E-state index in [1.807, 2.05) is 25.2 Å². The maximum Gasteiger partial charge on any atom is 0.379 e. The highest BCUT2D eigenvalue weighted by Crippen LogP contribution is 2.40. The summed E-state index contributed by atoms with van der Waals surface area (Å²) in [6.45, 7) is 12.4. The number of nitrogens with one attached hydrogen (secondary N) is 1. The van der Waals surface area contributed by atoms with Gasteiger partial charge in [0, 0.05) is 18.2 Å². The average Bonchev–Trinajstić information content (AvgIpc) is 2.78. The molecular weight excluding hydrogens is 438 g/mol. The van der Waals surface area contributed by atoms with E-state index in [1.54, 1.807) is 19.1 Å². The number of carbonyl (C=O) groups excluding carboxylic acids is 3. The van der Waals surface area contributed by atoms with Crippen molar-refractivity contribution in [3.63, 3.8) is 0 Å². The predicted molar refractivity (Wildman–Crippen MR) is 142 cm³/mol. The molecule has 1 aliphatic carbocycles. The van der Waals surface area contributed by atoms with E-state index in [0.717, 1.165) is 11.1 Å². The molecule has 1 aliphatic rings. The number of ether oxygens (including phenoxy) is 1. The summed E-state index contributed by atoms with van der Waals surface area (Å²) >= 11 is 0. The Morgan fingerprint density at radius 2 is 1.74 bits per heavy atom. The third-order valence-corrected chi connectivity index (χ3v) is 6.01. The van der Waals surface area contributed by atoms with Crippen LogP contribution >= 0.6 is 0 Å². The number of anilines is 1. The molecule has 0 saturated carbocycles. The number of hydrogen-bond donors (Lipinski definition) is 1. The number of carbonyl (C=O) groups is 3. The third kappa shape index (κ3) is 9.01. The molecule has 0 spiro atoms. The van der Waals surface area contributed by atoms with Gasteiger partial charge in [0.15, 0.2) is 0 Å². The lowest BCUT2D eigenvalue weighted by atomic mass is 9.72. The zero-order valence-corrected chi connectivity index (χ0v) is 21.7. The van der Waals surface area contributed by atoms with Crippen LogP contribution in [-0.2, 0) is 14.4 Å². The summed E-state index contributed by atoms with van der Waals surface area (Å²) in [4.78, 5) is 35.2. The highest BCUT2D eigenvalue weighted by atomic mass is 16.5. The van der Waals surface area contributed by atoms with Gasteiger partial charge in [-0.25, -0.2) is 4.79 Å². The van der Waals surface area contributed by atoms with Crippen molar-refractivity contribution in [2.45, 2.75) is 67.2 Å². The molecule has 1 amide bonds. The van der Waals surface area contributed by atoms with Crippen LogP contribution in [0.1, 0.15) is 67.2 Å². The Labute approximate surface area is 209 Å². The van der Waals surface area contributed by atoms with E-state index in [2.05, 4.69) is 45.2 Å². The lowest BCUT2D eigenvalue weighted by Gasteiger charge is -2.32. The van der Waals surface area contributed by atoms with Gasteiger partial charge in [-0.15, -0.1) is 0 Å². The first-order chi connectivity index (χ1) is 16.5. The Morgan fingerprint density at radius 3 is 2.37 bits per heavy atom. The Hall–Kier alpha value is -3.47. The van der Waals surface area contributed by atoms with E-state index in [-0.39, 0.29) is 23.5 Å². The highest BCUT2D eigenvalue weighted by Gasteiger charge is 2.26. The molecule has 5 heteroatoms. The van der Waals surface area contributed by atoms with Crippen molar-refractivity contribution in [2.75, 3.05) is 5.32 Å².